The molecule has 0 spiro atoms. The van der Waals surface area contributed by atoms with Crippen LogP contribution >= 0.6 is 0 Å². The van der Waals surface area contributed by atoms with Crippen LogP contribution in [0.25, 0.3) is 0 Å². The van der Waals surface area contributed by atoms with Gasteiger partial charge in [0.25, 0.3) is 0 Å². The molecule has 0 aromatic rings. The van der Waals surface area contributed by atoms with Gasteiger partial charge in [0.05, 0.1) is 0 Å². The Morgan fingerprint density at radius 2 is 2.20 bits per heavy atom. The maximum absolute atomic E-state index is 12.1. The molecule has 0 aliphatic carbocycles. The van der Waals surface area contributed by atoms with Crippen LogP contribution < -0.4 is 10.6 Å². The van der Waals surface area contributed by atoms with Crippen LogP contribution in [0.2, 0.25) is 0 Å². The van der Waals surface area contributed by atoms with Gasteiger partial charge in [0, 0.05) is 38.8 Å². The number of carbonyl (C=O) groups is 1. The molecule has 0 saturated carbocycles. The first-order valence-corrected chi connectivity index (χ1v) is 8.15. The third-order valence-electron chi connectivity index (χ3n) is 4.68. The van der Waals surface area contributed by atoms with E-state index in [1.807, 2.05) is 6.92 Å². The fourth-order valence-corrected chi connectivity index (χ4v) is 3.39. The molecular weight excluding hydrogens is 252 g/mol. The van der Waals surface area contributed by atoms with E-state index in [0.717, 1.165) is 26.2 Å². The summed E-state index contributed by atoms with van der Waals surface area (Å²) in [6.45, 7) is 7.73. The Morgan fingerprint density at radius 3 is 2.95 bits per heavy atom. The van der Waals surface area contributed by atoms with Gasteiger partial charge in [-0.25, -0.2) is 0 Å². The van der Waals surface area contributed by atoms with Gasteiger partial charge in [-0.15, -0.1) is 0 Å². The van der Waals surface area contributed by atoms with Gasteiger partial charge in [0.1, 0.15) is 6.04 Å². The van der Waals surface area contributed by atoms with Crippen LogP contribution in [0.4, 0.5) is 0 Å². The Kier molecular flexibility index (Phi) is 6.26. The number of likely N-dealkylation sites (tertiary alicyclic amines) is 1. The Hall–Kier alpha value is -0.650. The Morgan fingerprint density at radius 1 is 1.35 bits per heavy atom. The molecule has 116 valence electrons. The van der Waals surface area contributed by atoms with Crippen molar-refractivity contribution in [3.8, 4) is 0 Å². The van der Waals surface area contributed by atoms with E-state index in [2.05, 4.69) is 27.5 Å². The van der Waals surface area contributed by atoms with Crippen LogP contribution in [0.1, 0.15) is 32.6 Å². The van der Waals surface area contributed by atoms with E-state index in [0.29, 0.717) is 12.6 Å². The number of rotatable bonds is 5. The molecule has 2 fully saturated rings. The van der Waals surface area contributed by atoms with Crippen molar-refractivity contribution >= 4 is 5.91 Å². The molecule has 2 saturated heterocycles. The standard InChI is InChI=1S/C15H30N4O/c1-3-17-15(20)14-12-16-8-11-19(14)10-7-13-6-4-5-9-18(13)2/h13-14,16H,3-12H2,1-2H3,(H,17,20). The fourth-order valence-electron chi connectivity index (χ4n) is 3.39. The average molecular weight is 282 g/mol. The molecule has 0 bridgehead atoms. The summed E-state index contributed by atoms with van der Waals surface area (Å²) in [6.07, 6.45) is 5.19. The van der Waals surface area contributed by atoms with Crippen molar-refractivity contribution in [2.75, 3.05) is 46.3 Å². The number of amides is 1. The number of piperidine rings is 1. The second-order valence-corrected chi connectivity index (χ2v) is 6.07. The summed E-state index contributed by atoms with van der Waals surface area (Å²) in [7, 11) is 2.24. The average Bonchev–Trinajstić information content (AvgIpc) is 2.47. The summed E-state index contributed by atoms with van der Waals surface area (Å²) in [5, 5.41) is 6.30. The number of nitrogens with zero attached hydrogens (tertiary/aromatic N) is 2. The smallest absolute Gasteiger partial charge is 0.238 e. The van der Waals surface area contributed by atoms with E-state index in [9.17, 15) is 4.79 Å². The van der Waals surface area contributed by atoms with E-state index < -0.39 is 0 Å². The minimum absolute atomic E-state index is 0.0117. The molecule has 2 atom stereocenters. The lowest BCUT2D eigenvalue weighted by molar-refractivity contribution is -0.127. The van der Waals surface area contributed by atoms with Crippen molar-refractivity contribution in [1.29, 1.82) is 0 Å². The molecule has 0 radical (unpaired) electrons. The fraction of sp³-hybridized carbons (Fsp3) is 0.933. The van der Waals surface area contributed by atoms with Gasteiger partial charge in [-0.1, -0.05) is 6.42 Å². The van der Waals surface area contributed by atoms with Crippen molar-refractivity contribution < 1.29 is 4.79 Å². The van der Waals surface area contributed by atoms with Gasteiger partial charge in [-0.2, -0.15) is 0 Å². The summed E-state index contributed by atoms with van der Waals surface area (Å²) in [5.41, 5.74) is 0. The zero-order valence-electron chi connectivity index (χ0n) is 13.0. The molecule has 5 nitrogen and oxygen atoms in total. The minimum Gasteiger partial charge on any atom is -0.355 e. The largest absolute Gasteiger partial charge is 0.355 e. The molecule has 0 aromatic carbocycles. The molecule has 0 aromatic heterocycles. The summed E-state index contributed by atoms with van der Waals surface area (Å²) >= 11 is 0. The molecule has 2 unspecified atom stereocenters. The van der Waals surface area contributed by atoms with Crippen molar-refractivity contribution in [3.05, 3.63) is 0 Å². The second-order valence-electron chi connectivity index (χ2n) is 6.07. The maximum Gasteiger partial charge on any atom is 0.238 e. The lowest BCUT2D eigenvalue weighted by atomic mass is 9.99. The van der Waals surface area contributed by atoms with Crippen LogP contribution in [-0.2, 0) is 4.79 Å². The van der Waals surface area contributed by atoms with E-state index in [-0.39, 0.29) is 11.9 Å². The van der Waals surface area contributed by atoms with E-state index >= 15 is 0 Å². The molecule has 2 heterocycles. The topological polar surface area (TPSA) is 47.6 Å². The summed E-state index contributed by atoms with van der Waals surface area (Å²) in [5.74, 6) is 0.177. The van der Waals surface area contributed by atoms with Gasteiger partial charge < -0.3 is 15.5 Å². The SMILES string of the molecule is CCNC(=O)C1CNCCN1CCC1CCCCN1C. The number of likely N-dealkylation sites (N-methyl/N-ethyl adjacent to an activating group) is 1. The quantitative estimate of drug-likeness (QED) is 0.760. The van der Waals surface area contributed by atoms with Crippen LogP contribution in [0.5, 0.6) is 0 Å². The van der Waals surface area contributed by atoms with Gasteiger partial charge >= 0.3 is 0 Å². The van der Waals surface area contributed by atoms with E-state index in [1.165, 1.54) is 32.2 Å². The predicted octanol–water partition coefficient (Wildman–Crippen LogP) is 0.271. The Bertz CT molecular complexity index is 310. The highest BCUT2D eigenvalue weighted by Crippen LogP contribution is 2.18. The van der Waals surface area contributed by atoms with Crippen molar-refractivity contribution in [2.24, 2.45) is 0 Å². The first-order chi connectivity index (χ1) is 9.72. The normalized spacial score (nSPS) is 29.3. The first-order valence-electron chi connectivity index (χ1n) is 8.15. The molecule has 5 heteroatoms. The van der Waals surface area contributed by atoms with Crippen LogP contribution in [0, 0.1) is 0 Å². The van der Waals surface area contributed by atoms with Gasteiger partial charge in [0.15, 0.2) is 0 Å². The van der Waals surface area contributed by atoms with Crippen LogP contribution in [-0.4, -0.2) is 74.1 Å². The third-order valence-corrected chi connectivity index (χ3v) is 4.68. The van der Waals surface area contributed by atoms with Crippen molar-refractivity contribution in [3.63, 3.8) is 0 Å². The summed E-state index contributed by atoms with van der Waals surface area (Å²) < 4.78 is 0. The third kappa shape index (κ3) is 4.17. The number of hydrogen-bond acceptors (Lipinski definition) is 4. The highest BCUT2D eigenvalue weighted by atomic mass is 16.2. The zero-order valence-corrected chi connectivity index (χ0v) is 13.0. The van der Waals surface area contributed by atoms with Crippen LogP contribution in [0.3, 0.4) is 0 Å². The zero-order chi connectivity index (χ0) is 14.4. The second kappa shape index (κ2) is 7.96. The number of piperazine rings is 1. The summed E-state index contributed by atoms with van der Waals surface area (Å²) in [4.78, 5) is 17.0. The minimum atomic E-state index is 0.0117. The van der Waals surface area contributed by atoms with Crippen LogP contribution in [0.15, 0.2) is 0 Å². The molecule has 2 aliphatic heterocycles. The number of carbonyl (C=O) groups excluding carboxylic acids is 1. The van der Waals surface area contributed by atoms with E-state index in [1.54, 1.807) is 0 Å². The number of nitrogens with one attached hydrogen (secondary N) is 2. The molecule has 2 aliphatic rings. The molecular formula is C15H30N4O. The molecule has 1 amide bonds. The Balaban J connectivity index is 1.83. The lowest BCUT2D eigenvalue weighted by Gasteiger charge is -2.38. The molecule has 2 N–H and O–H groups in total. The van der Waals surface area contributed by atoms with Gasteiger partial charge in [0.2, 0.25) is 5.91 Å². The van der Waals surface area contributed by atoms with Gasteiger partial charge in [-0.3, -0.25) is 9.69 Å². The Labute approximate surface area is 123 Å². The molecule has 20 heavy (non-hydrogen) atoms. The van der Waals surface area contributed by atoms with E-state index in [4.69, 9.17) is 0 Å². The monoisotopic (exact) mass is 282 g/mol. The summed E-state index contributed by atoms with van der Waals surface area (Å²) in [6, 6.07) is 0.714. The van der Waals surface area contributed by atoms with Gasteiger partial charge in [-0.05, 0) is 39.8 Å². The van der Waals surface area contributed by atoms with Crippen molar-refractivity contribution in [1.82, 2.24) is 20.4 Å². The first kappa shape index (κ1) is 15.7. The van der Waals surface area contributed by atoms with Crippen molar-refractivity contribution in [2.45, 2.75) is 44.7 Å². The predicted molar refractivity (Wildman–Crippen MR) is 81.8 cm³/mol. The highest BCUT2D eigenvalue weighted by molar-refractivity contribution is 5.82. The highest BCUT2D eigenvalue weighted by Gasteiger charge is 2.29. The molecule has 2 rings (SSSR count). The lowest BCUT2D eigenvalue weighted by Crippen LogP contribution is -2.58. The maximum atomic E-state index is 12.1. The number of hydrogen-bond donors (Lipinski definition) is 2.